The second-order valence-electron chi connectivity index (χ2n) is 5.10. The molecule has 0 aliphatic heterocycles. The summed E-state index contributed by atoms with van der Waals surface area (Å²) >= 11 is 1.15. The maximum absolute atomic E-state index is 12.3. The lowest BCUT2D eigenvalue weighted by molar-refractivity contribution is -0.299. The topological polar surface area (TPSA) is 115 Å². The molecule has 0 radical (unpaired) electrons. The van der Waals surface area contributed by atoms with E-state index in [1.807, 2.05) is 6.07 Å². The number of Topliss-reactive ketones (excluding diaryl/α,β-unsaturated/α-hetero) is 2. The van der Waals surface area contributed by atoms with Crippen LogP contribution in [0.2, 0.25) is 0 Å². The highest BCUT2D eigenvalue weighted by Gasteiger charge is 2.63. The first-order valence-corrected chi connectivity index (χ1v) is 7.43. The predicted octanol–water partition coefficient (Wildman–Crippen LogP) is 0.579. The van der Waals surface area contributed by atoms with Gasteiger partial charge in [-0.25, -0.2) is 0 Å². The van der Waals surface area contributed by atoms with Crippen molar-refractivity contribution < 1.29 is 30.0 Å². The largest absolute Gasteiger partial charge is 0.355 e. The van der Waals surface area contributed by atoms with Crippen molar-refractivity contribution in [2.24, 2.45) is 0 Å². The quantitative estimate of drug-likeness (QED) is 0.595. The van der Waals surface area contributed by atoms with Crippen molar-refractivity contribution in [1.82, 2.24) is 0 Å². The molecule has 0 bridgehead atoms. The number of carbonyl (C=O) groups is 2. The van der Waals surface area contributed by atoms with E-state index in [9.17, 15) is 30.0 Å². The fourth-order valence-electron chi connectivity index (χ4n) is 2.33. The second-order valence-corrected chi connectivity index (χ2v) is 6.21. The number of carbonyl (C=O) groups excluding carboxylic acids is 2. The summed E-state index contributed by atoms with van der Waals surface area (Å²) in [7, 11) is 0. The summed E-state index contributed by atoms with van der Waals surface area (Å²) < 4.78 is 0. The van der Waals surface area contributed by atoms with Crippen LogP contribution in [0, 0.1) is 0 Å². The third-order valence-electron chi connectivity index (χ3n) is 3.59. The zero-order valence-electron chi connectivity index (χ0n) is 11.6. The van der Waals surface area contributed by atoms with E-state index in [1.54, 1.807) is 30.3 Å². The lowest BCUT2D eigenvalue weighted by Crippen LogP contribution is -2.66. The van der Waals surface area contributed by atoms with Gasteiger partial charge in [0.25, 0.3) is 11.6 Å². The number of hydrogen-bond donors (Lipinski definition) is 4. The average molecular weight is 332 g/mol. The Morgan fingerprint density at radius 3 is 2.00 bits per heavy atom. The molecule has 0 unspecified atom stereocenters. The second kappa shape index (κ2) is 5.26. The Kier molecular flexibility index (Phi) is 3.62. The van der Waals surface area contributed by atoms with Crippen LogP contribution in [0.3, 0.4) is 0 Å². The van der Waals surface area contributed by atoms with Crippen molar-refractivity contribution in [3.63, 3.8) is 0 Å². The van der Waals surface area contributed by atoms with E-state index in [1.165, 1.54) is 12.1 Å². The molecular formula is C16H12O6S. The molecule has 0 spiro atoms. The summed E-state index contributed by atoms with van der Waals surface area (Å²) in [4.78, 5) is 25.5. The minimum atomic E-state index is -3.61. The number of hydrogen-bond acceptors (Lipinski definition) is 7. The normalized spacial score (nSPS) is 18.6. The fourth-order valence-corrected chi connectivity index (χ4v) is 3.33. The molecule has 0 fully saturated rings. The van der Waals surface area contributed by atoms with E-state index in [0.717, 1.165) is 16.7 Å². The van der Waals surface area contributed by atoms with Crippen LogP contribution in [-0.2, 0) is 0 Å². The predicted molar refractivity (Wildman–Crippen MR) is 80.0 cm³/mol. The van der Waals surface area contributed by atoms with Gasteiger partial charge >= 0.3 is 0 Å². The molecule has 0 atom stereocenters. The van der Waals surface area contributed by atoms with Crippen LogP contribution >= 0.6 is 11.8 Å². The first-order valence-electron chi connectivity index (χ1n) is 6.62. The summed E-state index contributed by atoms with van der Waals surface area (Å²) in [6, 6.07) is 13.2. The minimum Gasteiger partial charge on any atom is -0.355 e. The van der Waals surface area contributed by atoms with Gasteiger partial charge in [-0.1, -0.05) is 42.1 Å². The van der Waals surface area contributed by atoms with Crippen LogP contribution in [-0.4, -0.2) is 43.6 Å². The number of fused-ring (bicyclic) bond motifs is 1. The maximum atomic E-state index is 12.3. The van der Waals surface area contributed by atoms with Gasteiger partial charge in [-0.2, -0.15) is 0 Å². The minimum absolute atomic E-state index is 0.241. The van der Waals surface area contributed by atoms with Crippen molar-refractivity contribution in [2.75, 3.05) is 0 Å². The summed E-state index contributed by atoms with van der Waals surface area (Å²) in [6.07, 6.45) is 0. The van der Waals surface area contributed by atoms with Crippen LogP contribution in [0.4, 0.5) is 0 Å². The van der Waals surface area contributed by atoms with Crippen molar-refractivity contribution in [2.45, 2.75) is 21.4 Å². The van der Waals surface area contributed by atoms with Gasteiger partial charge in [0.1, 0.15) is 0 Å². The third-order valence-corrected chi connectivity index (χ3v) is 4.66. The number of rotatable bonds is 2. The monoisotopic (exact) mass is 332 g/mol. The van der Waals surface area contributed by atoms with Gasteiger partial charge in [0.15, 0.2) is 0 Å². The molecule has 2 aromatic carbocycles. The summed E-state index contributed by atoms with van der Waals surface area (Å²) in [5.74, 6) is -9.87. The zero-order valence-corrected chi connectivity index (χ0v) is 12.4. The molecule has 118 valence electrons. The highest BCUT2D eigenvalue weighted by molar-refractivity contribution is 7.99. The highest BCUT2D eigenvalue weighted by Crippen LogP contribution is 2.40. The van der Waals surface area contributed by atoms with E-state index in [-0.39, 0.29) is 11.1 Å². The Morgan fingerprint density at radius 1 is 0.739 bits per heavy atom. The molecule has 23 heavy (non-hydrogen) atoms. The number of aliphatic hydroxyl groups is 4. The van der Waals surface area contributed by atoms with Gasteiger partial charge in [0.2, 0.25) is 11.6 Å². The Balaban J connectivity index is 2.17. The SMILES string of the molecule is O=C1c2cccc(Sc3ccccc3)c2C(=O)C(O)(O)C1(O)O. The molecule has 0 aromatic heterocycles. The van der Waals surface area contributed by atoms with E-state index in [4.69, 9.17) is 0 Å². The molecular weight excluding hydrogens is 320 g/mol. The first-order chi connectivity index (χ1) is 10.8. The molecule has 7 heteroatoms. The first kappa shape index (κ1) is 15.9. The van der Waals surface area contributed by atoms with Gasteiger partial charge in [-0.15, -0.1) is 0 Å². The highest BCUT2D eigenvalue weighted by atomic mass is 32.2. The number of benzene rings is 2. The molecule has 1 aliphatic rings. The third kappa shape index (κ3) is 2.30. The van der Waals surface area contributed by atoms with Gasteiger partial charge in [0, 0.05) is 20.9 Å². The zero-order chi connectivity index (χ0) is 16.8. The van der Waals surface area contributed by atoms with E-state index < -0.39 is 23.1 Å². The van der Waals surface area contributed by atoms with Gasteiger partial charge < -0.3 is 20.4 Å². The molecule has 0 amide bonds. The van der Waals surface area contributed by atoms with E-state index in [0.29, 0.717) is 4.90 Å². The average Bonchev–Trinajstić information content (AvgIpc) is 2.53. The molecule has 2 aromatic rings. The smallest absolute Gasteiger partial charge is 0.292 e. The summed E-state index contributed by atoms with van der Waals surface area (Å²) in [5.41, 5.74) is -0.505. The molecule has 0 saturated heterocycles. The van der Waals surface area contributed by atoms with Crippen molar-refractivity contribution in [3.8, 4) is 0 Å². The Bertz CT molecular complexity index is 797. The molecule has 3 rings (SSSR count). The number of ketones is 2. The Morgan fingerprint density at radius 2 is 1.35 bits per heavy atom. The lowest BCUT2D eigenvalue weighted by atomic mass is 9.80. The molecule has 0 heterocycles. The van der Waals surface area contributed by atoms with Gasteiger partial charge in [0.05, 0.1) is 0 Å². The lowest BCUT2D eigenvalue weighted by Gasteiger charge is -2.37. The Hall–Kier alpha value is -2.03. The van der Waals surface area contributed by atoms with Crippen LogP contribution in [0.15, 0.2) is 58.3 Å². The van der Waals surface area contributed by atoms with E-state index >= 15 is 0 Å². The van der Waals surface area contributed by atoms with E-state index in [2.05, 4.69) is 0 Å². The maximum Gasteiger partial charge on any atom is 0.292 e. The standard InChI is InChI=1S/C16H12O6S/c17-13-10-7-4-8-11(23-9-5-2-1-3-6-9)12(10)14(18)16(21,22)15(13,19)20/h1-8,19-22H. The van der Waals surface area contributed by atoms with Crippen molar-refractivity contribution in [3.05, 3.63) is 59.7 Å². The summed E-state index contributed by atoms with van der Waals surface area (Å²) in [6.45, 7) is 0. The fraction of sp³-hybridized carbons (Fsp3) is 0.125. The van der Waals surface area contributed by atoms with Crippen LogP contribution in [0.1, 0.15) is 20.7 Å². The molecule has 0 saturated carbocycles. The Labute approximate surface area is 135 Å². The van der Waals surface area contributed by atoms with Gasteiger partial charge in [-0.05, 0) is 18.2 Å². The van der Waals surface area contributed by atoms with Crippen LogP contribution in [0.25, 0.3) is 0 Å². The van der Waals surface area contributed by atoms with Crippen LogP contribution in [0.5, 0.6) is 0 Å². The van der Waals surface area contributed by atoms with Crippen molar-refractivity contribution >= 4 is 23.3 Å². The van der Waals surface area contributed by atoms with Crippen molar-refractivity contribution in [1.29, 1.82) is 0 Å². The molecule has 1 aliphatic carbocycles. The van der Waals surface area contributed by atoms with Crippen LogP contribution < -0.4 is 0 Å². The molecule has 4 N–H and O–H groups in total. The molecule has 6 nitrogen and oxygen atoms in total. The summed E-state index contributed by atoms with van der Waals surface area (Å²) in [5, 5.41) is 38.8. The van der Waals surface area contributed by atoms with Gasteiger partial charge in [-0.3, -0.25) is 9.59 Å².